The Morgan fingerprint density at radius 2 is 0.904 bits per heavy atom. The van der Waals surface area contributed by atoms with Gasteiger partial charge in [0.1, 0.15) is 29.7 Å². The Kier molecular flexibility index (Phi) is 63.6. The van der Waals surface area contributed by atoms with Gasteiger partial charge in [0.15, 0.2) is 46.6 Å². The van der Waals surface area contributed by atoms with Gasteiger partial charge in [0.05, 0.1) is 62.4 Å². The van der Waals surface area contributed by atoms with Gasteiger partial charge in [-0.25, -0.2) is 0 Å². The fraction of sp³-hybridized carbons (Fsp3) is 0.629. The molecule has 1 heterocycles. The number of thioether (sulfide) groups is 1. The number of aliphatic imine (C=N–C) groups is 2. The first-order valence-corrected chi connectivity index (χ1v) is 52.6. The van der Waals surface area contributed by atoms with Gasteiger partial charge in [0.2, 0.25) is 53.2 Å². The van der Waals surface area contributed by atoms with Gasteiger partial charge in [-0.05, 0) is 157 Å². The van der Waals surface area contributed by atoms with Crippen LogP contribution in [0.5, 0.6) is 5.75 Å². The Balaban J connectivity index is 0.000000769. The molecule has 15 atom stereocenters. The van der Waals surface area contributed by atoms with Crippen LogP contribution >= 0.6 is 11.8 Å². The van der Waals surface area contributed by atoms with E-state index in [2.05, 4.69) is 64.4 Å². The summed E-state index contributed by atoms with van der Waals surface area (Å²) in [6.07, 6.45) is 15.1. The molecule has 0 fully saturated rings. The minimum Gasteiger partial charge on any atom is -0.508 e. The number of carbonyl (C=O) groups is 17. The number of benzene rings is 3. The number of H-pyrrole nitrogens is 1. The first kappa shape index (κ1) is 128. The monoisotopic (exact) mass is 2060 g/mol. The van der Waals surface area contributed by atoms with Crippen LogP contribution in [0.2, 0.25) is 0 Å². The Morgan fingerprint density at radius 1 is 0.432 bits per heavy atom. The number of primary amides is 1. The fourth-order valence-corrected chi connectivity index (χ4v) is 17.4. The molecule has 4 rings (SSSR count). The number of amides is 9. The highest BCUT2D eigenvalue weighted by Gasteiger charge is 2.39. The second kappa shape index (κ2) is 72.4. The van der Waals surface area contributed by atoms with E-state index in [0.29, 0.717) is 43.5 Å². The van der Waals surface area contributed by atoms with E-state index in [1.54, 1.807) is 6.20 Å². The van der Waals surface area contributed by atoms with Crippen LogP contribution in [0.4, 0.5) is 0 Å². The van der Waals surface area contributed by atoms with E-state index in [9.17, 15) is 112 Å². The number of guanidine groups is 2. The summed E-state index contributed by atoms with van der Waals surface area (Å²) in [5.41, 5.74) is 36.8. The lowest BCUT2D eigenvalue weighted by atomic mass is 9.87. The molecular formula is C105H165N17O23S. The zero-order chi connectivity index (χ0) is 109. The summed E-state index contributed by atoms with van der Waals surface area (Å²) in [5.74, 6) is -18.3. The number of para-hydroxylation sites is 1. The van der Waals surface area contributed by atoms with Crippen LogP contribution < -0.4 is 76.9 Å². The van der Waals surface area contributed by atoms with Crippen molar-refractivity contribution in [2.75, 3.05) is 58.4 Å². The van der Waals surface area contributed by atoms with Gasteiger partial charge in [-0.3, -0.25) is 91.5 Å². The van der Waals surface area contributed by atoms with Crippen molar-refractivity contribution in [3.63, 3.8) is 0 Å². The van der Waals surface area contributed by atoms with E-state index < -0.39 is 230 Å². The van der Waals surface area contributed by atoms with Crippen LogP contribution in [0.3, 0.4) is 0 Å². The predicted molar refractivity (Wildman–Crippen MR) is 559 cm³/mol. The summed E-state index contributed by atoms with van der Waals surface area (Å²) in [6, 6.07) is 14.7. The summed E-state index contributed by atoms with van der Waals surface area (Å²) < 4.78 is 0. The summed E-state index contributed by atoms with van der Waals surface area (Å²) in [6.45, 7) is 8.43. The molecule has 0 spiro atoms. The SMILES string of the molecule is CCCCCCCCCCCCCCCC(=O)NCC(=O)N[C@@H](CO)C(=O)CCC(=O)N[C@H](C(=O)C[C@@H](Cc1ccc(O)cc1)C(=O)N[C@@H](CO)C(=O)C[C@H](C(=O)NC)[C@@H](C)O)[C@@H](C)O.CSCC[C@H](NC(=O)[C@@H](CC(=O)[C@H](CCCCN)NC(=O)[C@H](CCCN=C(N)N)CC(=O)[C@H](CC(C)C)NC(=O)[C@H](CCCN=C(N)N)CC(=O)[C@@H](C)CC(=O)O)Cc1c[nH]c2ccccc12)C(=O)C[C@@H](Cc1ccccc1)C(N)=O. The highest BCUT2D eigenvalue weighted by molar-refractivity contribution is 7.98. The molecule has 146 heavy (non-hydrogen) atoms. The summed E-state index contributed by atoms with van der Waals surface area (Å²) in [4.78, 5) is 239. The number of nitrogens with zero attached hydrogens (tertiary/aromatic N) is 2. The molecule has 41 heteroatoms. The fourth-order valence-electron chi connectivity index (χ4n) is 16.9. The number of aliphatic hydroxyl groups is 4. The molecule has 3 aromatic carbocycles. The van der Waals surface area contributed by atoms with Crippen molar-refractivity contribution >= 4 is 134 Å². The van der Waals surface area contributed by atoms with E-state index in [4.69, 9.17) is 34.4 Å². The number of phenolic OH excluding ortho intramolecular Hbond substituents is 1. The van der Waals surface area contributed by atoms with Crippen molar-refractivity contribution in [1.29, 1.82) is 0 Å². The normalized spacial score (nSPS) is 14.3. The minimum atomic E-state index is -1.56. The Hall–Kier alpha value is -11.9. The second-order valence-corrected chi connectivity index (χ2v) is 39.3. The lowest BCUT2D eigenvalue weighted by Gasteiger charge is -2.27. The van der Waals surface area contributed by atoms with Crippen molar-refractivity contribution in [2.45, 2.75) is 315 Å². The van der Waals surface area contributed by atoms with Crippen molar-refractivity contribution in [3.05, 3.63) is 102 Å². The average Bonchev–Trinajstić information content (AvgIpc) is 1.66. The molecule has 4 aromatic rings. The average molecular weight is 2070 g/mol. The molecule has 0 saturated carbocycles. The lowest BCUT2D eigenvalue weighted by Crippen LogP contribution is -2.51. The number of rotatable bonds is 79. The highest BCUT2D eigenvalue weighted by Crippen LogP contribution is 2.29. The third-order valence-electron chi connectivity index (χ3n) is 25.5. The van der Waals surface area contributed by atoms with Gasteiger partial charge in [-0.1, -0.05) is 165 Å². The molecule has 814 valence electrons. The van der Waals surface area contributed by atoms with Gasteiger partial charge < -0.3 is 113 Å². The number of nitrogens with two attached hydrogens (primary N) is 6. The number of carboxylic acids is 1. The van der Waals surface area contributed by atoms with E-state index in [0.717, 1.165) is 41.3 Å². The predicted octanol–water partition coefficient (Wildman–Crippen LogP) is 5.32. The third-order valence-corrected chi connectivity index (χ3v) is 26.2. The summed E-state index contributed by atoms with van der Waals surface area (Å²) in [7, 11) is 1.32. The number of fused-ring (bicyclic) bond motifs is 1. The molecule has 1 aromatic heterocycles. The maximum atomic E-state index is 14.9. The maximum absolute atomic E-state index is 14.9. The molecule has 0 unspecified atom stereocenters. The highest BCUT2D eigenvalue weighted by atomic mass is 32.2. The number of carboxylic acid groups (broad SMARTS) is 1. The van der Waals surface area contributed by atoms with E-state index in [1.165, 1.54) is 122 Å². The van der Waals surface area contributed by atoms with Gasteiger partial charge >= 0.3 is 5.97 Å². The number of Topliss-reactive ketones (excluding diaryl/α,β-unsaturated/α-hetero) is 7. The number of aliphatic carboxylic acids is 1. The van der Waals surface area contributed by atoms with E-state index in [-0.39, 0.29) is 138 Å². The molecule has 0 aliphatic carbocycles. The maximum Gasteiger partial charge on any atom is 0.304 e. The van der Waals surface area contributed by atoms with E-state index in [1.807, 2.05) is 74.7 Å². The summed E-state index contributed by atoms with van der Waals surface area (Å²) in [5, 5.41) is 80.9. The molecular weight excluding hydrogens is 1900 g/mol. The largest absolute Gasteiger partial charge is 0.508 e. The topological polar surface area (TPSA) is 704 Å². The van der Waals surface area contributed by atoms with Crippen molar-refractivity contribution in [2.24, 2.45) is 91.7 Å². The number of aromatic nitrogens is 1. The number of phenols is 1. The quantitative estimate of drug-likeness (QED) is 0.0151. The first-order valence-electron chi connectivity index (χ1n) is 51.2. The summed E-state index contributed by atoms with van der Waals surface area (Å²) >= 11 is 1.48. The van der Waals surface area contributed by atoms with Crippen molar-refractivity contribution in [3.8, 4) is 5.75 Å². The zero-order valence-electron chi connectivity index (χ0n) is 86.4. The molecule has 0 radical (unpaired) electrons. The van der Waals surface area contributed by atoms with Gasteiger partial charge in [0.25, 0.3) is 0 Å². The molecule has 40 nitrogen and oxygen atoms in total. The molecule has 0 saturated heterocycles. The van der Waals surface area contributed by atoms with Gasteiger partial charge in [-0.15, -0.1) is 0 Å². The van der Waals surface area contributed by atoms with Crippen molar-refractivity contribution in [1.82, 2.24) is 47.5 Å². The molecule has 27 N–H and O–H groups in total. The standard InChI is InChI=1S/C58H88N12O10S.C47H77N5O13/c1-35(2)26-47(70-55(79)38(16-12-23-65-57(61)62)30-48(71)36(3)27-52(75)76)51(74)31-39(17-13-24-66-58(63)64)54(78)68-45(20-10-11-22-59)50(73)33-41(29-42-34-67-44-19-9-8-18-43(42)44)56(80)69-46(21-25-81-4)49(72)32-40(53(60)77)28-37-14-6-5-7-15-37;1-5-6-7-8-9-10-11-12-13-14-15-16-17-18-42(61)49-28-44(63)50-37(29-53)39(58)23-24-43(62)52-45(32(3)56)41(60)26-34(25-33-19-21-35(57)22-20-33)46(64)51-38(30-54)40(59)27-36(31(2)55)47(65)48-4/h5-9,14-15,18-19,34-36,38-41,45-47,67H,10-13,16-17,20-33,59H2,1-4H3,(H2,60,77)(H,68,78)(H,69,80)(H,70,79)(H,75,76)(H4,61,62,65)(H4,63,64,66);19-22,31-32,34,36-38,45,53-57H,5-18,23-30H2,1-4H3,(H,48,65)(H,49,61)(H,50,63)(H,51,64)(H,52,62)/t36-,38+,39+,40+,41+,45-,46-,47-;31-,32-,34-,36+,37+,38+,45+/m01/s1. The number of carbonyl (C=O) groups excluding carboxylic acids is 16. The minimum absolute atomic E-state index is 0.0670. The van der Waals surface area contributed by atoms with Crippen LogP contribution in [-0.2, 0) is 101 Å². The molecule has 0 aliphatic rings. The Labute approximate surface area is 861 Å². The number of ketones is 7. The van der Waals surface area contributed by atoms with Crippen molar-refractivity contribution < 1.29 is 112 Å². The zero-order valence-corrected chi connectivity index (χ0v) is 87.2. The number of unbranched alkanes of at least 4 members (excludes halogenated alkanes) is 13. The number of hydrogen-bond donors (Lipinski definition) is 21. The van der Waals surface area contributed by atoms with Crippen LogP contribution in [0.1, 0.15) is 264 Å². The molecule has 0 bridgehead atoms. The van der Waals surface area contributed by atoms with Crippen LogP contribution in [0, 0.1) is 47.3 Å². The van der Waals surface area contributed by atoms with Gasteiger partial charge in [-0.2, -0.15) is 11.8 Å². The number of nitrogens with one attached hydrogen (secondary N) is 9. The lowest BCUT2D eigenvalue weighted by molar-refractivity contribution is -0.141. The number of hydrogen-bond acceptors (Lipinski definition) is 26. The smallest absolute Gasteiger partial charge is 0.304 e. The Morgan fingerprint density at radius 3 is 1.42 bits per heavy atom. The van der Waals surface area contributed by atoms with Crippen LogP contribution in [0.25, 0.3) is 10.9 Å². The number of aromatic hydroxyl groups is 1. The van der Waals surface area contributed by atoms with Crippen LogP contribution in [-0.4, -0.2) is 254 Å². The third kappa shape index (κ3) is 52.4. The van der Waals surface area contributed by atoms with Gasteiger partial charge in [0, 0.05) is 131 Å². The second-order valence-electron chi connectivity index (χ2n) is 38.3. The number of aromatic amines is 1. The first-order chi connectivity index (χ1) is 69.5. The molecule has 0 aliphatic heterocycles. The Bertz CT molecular complexity index is 4800. The van der Waals surface area contributed by atoms with E-state index >= 15 is 0 Å². The molecule has 9 amide bonds. The number of aliphatic hydroxyl groups excluding tert-OH is 4. The van der Waals surface area contributed by atoms with Crippen LogP contribution in [0.15, 0.2) is 95.0 Å².